The van der Waals surface area contributed by atoms with E-state index in [0.717, 1.165) is 28.8 Å². The maximum Gasteiger partial charge on any atom is 0.251 e. The van der Waals surface area contributed by atoms with Gasteiger partial charge in [0.15, 0.2) is 0 Å². The fourth-order valence-electron chi connectivity index (χ4n) is 3.46. The van der Waals surface area contributed by atoms with Gasteiger partial charge in [0.1, 0.15) is 5.82 Å². The second kappa shape index (κ2) is 6.75. The lowest BCUT2D eigenvalue weighted by Crippen LogP contribution is -2.37. The van der Waals surface area contributed by atoms with Gasteiger partial charge in [-0.05, 0) is 41.0 Å². The lowest BCUT2D eigenvalue weighted by Gasteiger charge is -2.33. The molecule has 1 saturated heterocycles. The van der Waals surface area contributed by atoms with E-state index in [9.17, 15) is 9.18 Å². The molecule has 0 aliphatic carbocycles. The molecule has 1 atom stereocenters. The summed E-state index contributed by atoms with van der Waals surface area (Å²) in [4.78, 5) is 13.9. The number of fused-ring (bicyclic) bond motifs is 1. The zero-order valence-electron chi connectivity index (χ0n) is 13.6. The van der Waals surface area contributed by atoms with Gasteiger partial charge in [-0.15, -0.1) is 0 Å². The topological polar surface area (TPSA) is 41.6 Å². The van der Waals surface area contributed by atoms with Crippen LogP contribution in [-0.2, 0) is 17.8 Å². The maximum absolute atomic E-state index is 13.5. The number of hydrogen-bond donors (Lipinski definition) is 1. The summed E-state index contributed by atoms with van der Waals surface area (Å²) in [6.45, 7) is 3.31. The third-order valence-electron chi connectivity index (χ3n) is 4.66. The van der Waals surface area contributed by atoms with Crippen molar-refractivity contribution in [1.82, 2.24) is 10.2 Å². The minimum absolute atomic E-state index is 0.0179. The molecule has 25 heavy (non-hydrogen) atoms. The molecule has 0 radical (unpaired) electrons. The first-order valence-corrected chi connectivity index (χ1v) is 8.66. The fourth-order valence-corrected chi connectivity index (χ4v) is 3.71. The van der Waals surface area contributed by atoms with Crippen molar-refractivity contribution >= 4 is 17.5 Å². The number of hydrogen-bond acceptors (Lipinski definition) is 3. The van der Waals surface area contributed by atoms with Crippen LogP contribution < -0.4 is 5.32 Å². The largest absolute Gasteiger partial charge is 0.371 e. The highest BCUT2D eigenvalue weighted by Gasteiger charge is 2.25. The van der Waals surface area contributed by atoms with Crippen molar-refractivity contribution in [2.24, 2.45) is 0 Å². The van der Waals surface area contributed by atoms with Crippen molar-refractivity contribution < 1.29 is 13.9 Å². The number of amides is 1. The number of benzene rings is 2. The molecule has 130 valence electrons. The van der Waals surface area contributed by atoms with E-state index in [1.807, 2.05) is 18.2 Å². The Bertz CT molecular complexity index is 807. The van der Waals surface area contributed by atoms with Gasteiger partial charge < -0.3 is 10.1 Å². The van der Waals surface area contributed by atoms with Gasteiger partial charge in [-0.3, -0.25) is 9.69 Å². The number of carbonyl (C=O) groups excluding carboxylic acids is 1. The molecule has 1 N–H and O–H groups in total. The van der Waals surface area contributed by atoms with Crippen molar-refractivity contribution in [1.29, 1.82) is 0 Å². The zero-order valence-corrected chi connectivity index (χ0v) is 14.4. The first-order valence-electron chi connectivity index (χ1n) is 8.28. The average molecular weight is 361 g/mol. The number of carbonyl (C=O) groups is 1. The monoisotopic (exact) mass is 360 g/mol. The third-order valence-corrected chi connectivity index (χ3v) is 4.88. The summed E-state index contributed by atoms with van der Waals surface area (Å²) >= 11 is 5.94. The Labute approximate surface area is 150 Å². The molecule has 2 aromatic rings. The van der Waals surface area contributed by atoms with Crippen LogP contribution in [0.2, 0.25) is 5.02 Å². The van der Waals surface area contributed by atoms with E-state index in [1.54, 1.807) is 6.07 Å². The minimum Gasteiger partial charge on any atom is -0.371 e. The molecule has 1 unspecified atom stereocenters. The Balaban J connectivity index is 1.48. The second-order valence-corrected chi connectivity index (χ2v) is 6.91. The highest BCUT2D eigenvalue weighted by Crippen LogP contribution is 2.27. The molecule has 0 bridgehead atoms. The molecule has 4 rings (SSSR count). The summed E-state index contributed by atoms with van der Waals surface area (Å²) in [5.74, 6) is -0.334. The van der Waals surface area contributed by atoms with Crippen LogP contribution in [0, 0.1) is 5.82 Å². The quantitative estimate of drug-likeness (QED) is 0.913. The van der Waals surface area contributed by atoms with Crippen LogP contribution in [0.5, 0.6) is 0 Å². The van der Waals surface area contributed by atoms with Gasteiger partial charge in [0.2, 0.25) is 0 Å². The van der Waals surface area contributed by atoms with E-state index in [2.05, 4.69) is 10.2 Å². The minimum atomic E-state index is -0.317. The lowest BCUT2D eigenvalue weighted by molar-refractivity contribution is -0.0329. The van der Waals surface area contributed by atoms with E-state index in [-0.39, 0.29) is 17.8 Å². The van der Waals surface area contributed by atoms with Crippen molar-refractivity contribution in [3.63, 3.8) is 0 Å². The predicted octanol–water partition coefficient (Wildman–Crippen LogP) is 3.30. The number of morpholine rings is 1. The van der Waals surface area contributed by atoms with Gasteiger partial charge in [0.25, 0.3) is 5.91 Å². The Morgan fingerprint density at radius 2 is 2.16 bits per heavy atom. The highest BCUT2D eigenvalue weighted by molar-refractivity contribution is 6.30. The first-order chi connectivity index (χ1) is 12.1. The molecule has 2 aliphatic rings. The van der Waals surface area contributed by atoms with Crippen molar-refractivity contribution in [2.45, 2.75) is 19.2 Å². The molecule has 2 aliphatic heterocycles. The van der Waals surface area contributed by atoms with E-state index in [4.69, 9.17) is 16.3 Å². The van der Waals surface area contributed by atoms with Gasteiger partial charge in [0, 0.05) is 36.8 Å². The average Bonchev–Trinajstić information content (AvgIpc) is 2.95. The van der Waals surface area contributed by atoms with Crippen LogP contribution >= 0.6 is 11.6 Å². The number of ether oxygens (including phenoxy) is 1. The number of nitrogens with zero attached hydrogens (tertiary/aromatic N) is 1. The maximum atomic E-state index is 13.5. The number of halogens is 2. The normalized spacial score (nSPS) is 20.4. The molecule has 2 aromatic carbocycles. The molecule has 1 amide bonds. The molecular formula is C19H18ClFN2O2. The molecule has 0 aromatic heterocycles. The summed E-state index contributed by atoms with van der Waals surface area (Å²) in [5, 5.41) is 3.24. The Kier molecular flexibility index (Phi) is 4.46. The first kappa shape index (κ1) is 16.5. The summed E-state index contributed by atoms with van der Waals surface area (Å²) in [7, 11) is 0. The SMILES string of the molecule is O=C1NCc2cc(C3CN(Cc4cc(F)cc(Cl)c4)CCO3)ccc21. The summed E-state index contributed by atoms with van der Waals surface area (Å²) in [5.41, 5.74) is 3.68. The van der Waals surface area contributed by atoms with E-state index in [1.165, 1.54) is 12.1 Å². The number of nitrogens with one attached hydrogen (secondary N) is 1. The predicted molar refractivity (Wildman–Crippen MR) is 93.0 cm³/mol. The summed E-state index contributed by atoms with van der Waals surface area (Å²) < 4.78 is 19.4. The third kappa shape index (κ3) is 3.54. The molecule has 2 heterocycles. The van der Waals surface area contributed by atoms with Crippen LogP contribution in [0.1, 0.15) is 33.2 Å². The Morgan fingerprint density at radius 3 is 3.00 bits per heavy atom. The van der Waals surface area contributed by atoms with Gasteiger partial charge >= 0.3 is 0 Å². The second-order valence-electron chi connectivity index (χ2n) is 6.47. The molecule has 0 saturated carbocycles. The Morgan fingerprint density at radius 1 is 1.28 bits per heavy atom. The fraction of sp³-hybridized carbons (Fsp3) is 0.316. The number of rotatable bonds is 3. The molecule has 6 heteroatoms. The van der Waals surface area contributed by atoms with Gasteiger partial charge in [0.05, 0.1) is 12.7 Å². The van der Waals surface area contributed by atoms with Gasteiger partial charge in [-0.25, -0.2) is 4.39 Å². The van der Waals surface area contributed by atoms with Crippen molar-refractivity contribution in [3.05, 3.63) is 69.5 Å². The van der Waals surface area contributed by atoms with E-state index < -0.39 is 0 Å². The van der Waals surface area contributed by atoms with Crippen LogP contribution in [-0.4, -0.2) is 30.5 Å². The van der Waals surface area contributed by atoms with E-state index >= 15 is 0 Å². The standard InChI is InChI=1S/C19H18ClFN2O2/c20-15-5-12(6-16(21)8-15)10-23-3-4-25-18(11-23)13-1-2-17-14(7-13)9-22-19(17)24/h1-2,5-8,18H,3-4,9-11H2,(H,22,24). The van der Waals surface area contributed by atoms with Crippen molar-refractivity contribution in [2.75, 3.05) is 19.7 Å². The Hall–Kier alpha value is -1.95. The molecular weight excluding hydrogens is 343 g/mol. The van der Waals surface area contributed by atoms with Crippen LogP contribution in [0.4, 0.5) is 4.39 Å². The van der Waals surface area contributed by atoms with E-state index in [0.29, 0.717) is 31.3 Å². The zero-order chi connectivity index (χ0) is 17.4. The summed E-state index contributed by atoms with van der Waals surface area (Å²) in [6, 6.07) is 10.5. The molecule has 1 fully saturated rings. The summed E-state index contributed by atoms with van der Waals surface area (Å²) in [6.07, 6.45) is -0.0567. The highest BCUT2D eigenvalue weighted by atomic mass is 35.5. The lowest BCUT2D eigenvalue weighted by atomic mass is 10.0. The smallest absolute Gasteiger partial charge is 0.251 e. The van der Waals surface area contributed by atoms with Crippen LogP contribution in [0.25, 0.3) is 0 Å². The van der Waals surface area contributed by atoms with Crippen LogP contribution in [0.15, 0.2) is 36.4 Å². The van der Waals surface area contributed by atoms with Gasteiger partial charge in [-0.1, -0.05) is 23.7 Å². The van der Waals surface area contributed by atoms with Crippen molar-refractivity contribution in [3.8, 4) is 0 Å². The molecule has 4 nitrogen and oxygen atoms in total. The molecule has 0 spiro atoms. The van der Waals surface area contributed by atoms with Crippen LogP contribution in [0.3, 0.4) is 0 Å². The van der Waals surface area contributed by atoms with Gasteiger partial charge in [-0.2, -0.15) is 0 Å².